The average Bonchev–Trinajstić information content (AvgIpc) is 2.95. The van der Waals surface area contributed by atoms with Crippen LogP contribution in [0.3, 0.4) is 0 Å². The summed E-state index contributed by atoms with van der Waals surface area (Å²) < 4.78 is 24.4. The van der Waals surface area contributed by atoms with Crippen molar-refractivity contribution in [3.05, 3.63) is 42.2 Å². The topological polar surface area (TPSA) is 81.6 Å². The number of nitrogens with zero attached hydrogens (tertiary/aromatic N) is 2. The molecule has 1 fully saturated rings. The van der Waals surface area contributed by atoms with Crippen LogP contribution < -0.4 is 5.73 Å². The number of hydrogen-bond donors (Lipinski definition) is 1. The molecule has 0 bridgehead atoms. The van der Waals surface area contributed by atoms with Crippen molar-refractivity contribution in [1.82, 2.24) is 9.88 Å². The van der Waals surface area contributed by atoms with E-state index in [0.717, 1.165) is 0 Å². The summed E-state index contributed by atoms with van der Waals surface area (Å²) in [6.07, 6.45) is 1.27. The molecule has 1 amide bonds. The van der Waals surface area contributed by atoms with Gasteiger partial charge in [0.1, 0.15) is 11.9 Å². The minimum absolute atomic E-state index is 0.279. The Morgan fingerprint density at radius 1 is 1.52 bits per heavy atom. The number of halogens is 1. The highest BCUT2D eigenvalue weighted by Crippen LogP contribution is 2.23. The number of amides is 1. The third-order valence-corrected chi connectivity index (χ3v) is 3.89. The van der Waals surface area contributed by atoms with Crippen LogP contribution in [0.15, 0.2) is 34.9 Å². The first-order valence-corrected chi connectivity index (χ1v) is 7.40. The van der Waals surface area contributed by atoms with Crippen LogP contribution in [0.25, 0.3) is 11.3 Å². The maximum atomic E-state index is 13.3. The Bertz CT molecular complexity index is 703. The van der Waals surface area contributed by atoms with Crippen molar-refractivity contribution in [2.24, 2.45) is 5.73 Å². The molecule has 1 aromatic heterocycles. The standard InChI is InChI=1S/C16H18FN3O3/c1-10-15(16(18)21)20(5-6-22-10)9-14-19-8-13(23-14)11-3-2-4-12(17)7-11/h2-4,7-8,10,15H,5-6,9H2,1H3,(H2,18,21)/t10-,15+/m1/s1. The van der Waals surface area contributed by atoms with Crippen LogP contribution in [0.4, 0.5) is 4.39 Å². The normalized spacial score (nSPS) is 22.2. The fourth-order valence-electron chi connectivity index (χ4n) is 2.80. The zero-order chi connectivity index (χ0) is 16.4. The lowest BCUT2D eigenvalue weighted by Crippen LogP contribution is -2.56. The van der Waals surface area contributed by atoms with Gasteiger partial charge in [0.25, 0.3) is 0 Å². The third-order valence-electron chi connectivity index (χ3n) is 3.89. The van der Waals surface area contributed by atoms with Gasteiger partial charge in [0.2, 0.25) is 11.8 Å². The fourth-order valence-corrected chi connectivity index (χ4v) is 2.80. The average molecular weight is 319 g/mol. The van der Waals surface area contributed by atoms with Gasteiger partial charge in [-0.1, -0.05) is 12.1 Å². The Morgan fingerprint density at radius 3 is 3.09 bits per heavy atom. The van der Waals surface area contributed by atoms with Gasteiger partial charge in [0.05, 0.1) is 25.5 Å². The number of hydrogen-bond acceptors (Lipinski definition) is 5. The lowest BCUT2D eigenvalue weighted by Gasteiger charge is -2.37. The fraction of sp³-hybridized carbons (Fsp3) is 0.375. The molecule has 0 spiro atoms. The monoisotopic (exact) mass is 319 g/mol. The number of primary amides is 1. The second-order valence-corrected chi connectivity index (χ2v) is 5.52. The van der Waals surface area contributed by atoms with Gasteiger partial charge in [-0.15, -0.1) is 0 Å². The van der Waals surface area contributed by atoms with E-state index < -0.39 is 11.9 Å². The lowest BCUT2D eigenvalue weighted by atomic mass is 10.1. The Balaban J connectivity index is 1.77. The van der Waals surface area contributed by atoms with Gasteiger partial charge in [-0.2, -0.15) is 0 Å². The highest BCUT2D eigenvalue weighted by atomic mass is 19.1. The van der Waals surface area contributed by atoms with E-state index in [1.54, 1.807) is 18.3 Å². The van der Waals surface area contributed by atoms with Crippen LogP contribution in [-0.2, 0) is 16.1 Å². The van der Waals surface area contributed by atoms with Gasteiger partial charge in [-0.3, -0.25) is 9.69 Å². The Morgan fingerprint density at radius 2 is 2.35 bits per heavy atom. The van der Waals surface area contributed by atoms with Gasteiger partial charge in [0, 0.05) is 12.1 Å². The first-order valence-electron chi connectivity index (χ1n) is 7.40. The van der Waals surface area contributed by atoms with Gasteiger partial charge in [-0.05, 0) is 19.1 Å². The van der Waals surface area contributed by atoms with Crippen molar-refractivity contribution < 1.29 is 18.3 Å². The SMILES string of the molecule is C[C@H]1OCCN(Cc2ncc(-c3cccc(F)c3)o2)[C@@H]1C(N)=O. The number of carbonyl (C=O) groups excluding carboxylic acids is 1. The van der Waals surface area contributed by atoms with Crippen LogP contribution in [0.1, 0.15) is 12.8 Å². The molecule has 1 saturated heterocycles. The number of carbonyl (C=O) groups is 1. The quantitative estimate of drug-likeness (QED) is 0.925. The summed E-state index contributed by atoms with van der Waals surface area (Å²) >= 11 is 0. The molecule has 0 unspecified atom stereocenters. The summed E-state index contributed by atoms with van der Waals surface area (Å²) in [7, 11) is 0. The molecule has 2 heterocycles. The van der Waals surface area contributed by atoms with Crippen LogP contribution in [0.5, 0.6) is 0 Å². The van der Waals surface area contributed by atoms with Gasteiger partial charge >= 0.3 is 0 Å². The van der Waals surface area contributed by atoms with Crippen molar-refractivity contribution >= 4 is 5.91 Å². The van der Waals surface area contributed by atoms with Gasteiger partial charge in [0.15, 0.2) is 5.76 Å². The Labute approximate surface area is 133 Å². The van der Waals surface area contributed by atoms with Crippen molar-refractivity contribution in [3.8, 4) is 11.3 Å². The summed E-state index contributed by atoms with van der Waals surface area (Å²) in [6.45, 7) is 3.24. The van der Waals surface area contributed by atoms with Crippen LogP contribution in [0.2, 0.25) is 0 Å². The molecule has 1 aromatic carbocycles. The van der Waals surface area contributed by atoms with Crippen molar-refractivity contribution in [2.45, 2.75) is 25.6 Å². The highest BCUT2D eigenvalue weighted by molar-refractivity contribution is 5.80. The van der Waals surface area contributed by atoms with E-state index in [0.29, 0.717) is 36.9 Å². The molecule has 23 heavy (non-hydrogen) atoms. The van der Waals surface area contributed by atoms with Crippen LogP contribution in [0, 0.1) is 5.82 Å². The van der Waals surface area contributed by atoms with Crippen molar-refractivity contribution in [2.75, 3.05) is 13.2 Å². The molecule has 0 saturated carbocycles. The summed E-state index contributed by atoms with van der Waals surface area (Å²) in [6, 6.07) is 5.59. The second kappa shape index (κ2) is 6.47. The minimum atomic E-state index is -0.520. The molecule has 2 atom stereocenters. The molecular formula is C16H18FN3O3. The first-order chi connectivity index (χ1) is 11.0. The molecular weight excluding hydrogens is 301 g/mol. The van der Waals surface area contributed by atoms with E-state index in [2.05, 4.69) is 4.98 Å². The number of oxazole rings is 1. The number of morpholine rings is 1. The largest absolute Gasteiger partial charge is 0.439 e. The third kappa shape index (κ3) is 3.40. The van der Waals surface area contributed by atoms with Gasteiger partial charge in [-0.25, -0.2) is 9.37 Å². The molecule has 0 radical (unpaired) electrons. The van der Waals surface area contributed by atoms with E-state index in [-0.39, 0.29) is 11.9 Å². The molecule has 2 aromatic rings. The molecule has 1 aliphatic rings. The smallest absolute Gasteiger partial charge is 0.237 e. The van der Waals surface area contributed by atoms with Crippen molar-refractivity contribution in [3.63, 3.8) is 0 Å². The number of aromatic nitrogens is 1. The summed E-state index contributed by atoms with van der Waals surface area (Å²) in [5.41, 5.74) is 6.08. The maximum Gasteiger partial charge on any atom is 0.237 e. The minimum Gasteiger partial charge on any atom is -0.439 e. The van der Waals surface area contributed by atoms with Crippen molar-refractivity contribution in [1.29, 1.82) is 0 Å². The molecule has 1 aliphatic heterocycles. The summed E-state index contributed by atoms with van der Waals surface area (Å²) in [5.74, 6) is 0.159. The van der Waals surface area contributed by atoms with E-state index in [9.17, 15) is 9.18 Å². The van der Waals surface area contributed by atoms with Crippen LogP contribution >= 0.6 is 0 Å². The van der Waals surface area contributed by atoms with Gasteiger partial charge < -0.3 is 14.9 Å². The molecule has 2 N–H and O–H groups in total. The van der Waals surface area contributed by atoms with E-state index >= 15 is 0 Å². The summed E-state index contributed by atoms with van der Waals surface area (Å²) in [4.78, 5) is 17.7. The zero-order valence-corrected chi connectivity index (χ0v) is 12.7. The Kier molecular flexibility index (Phi) is 4.40. The molecule has 0 aliphatic carbocycles. The van der Waals surface area contributed by atoms with E-state index in [1.807, 2.05) is 11.8 Å². The van der Waals surface area contributed by atoms with E-state index in [4.69, 9.17) is 14.9 Å². The molecule has 122 valence electrons. The number of rotatable bonds is 4. The zero-order valence-electron chi connectivity index (χ0n) is 12.7. The highest BCUT2D eigenvalue weighted by Gasteiger charge is 2.34. The summed E-state index contributed by atoms with van der Waals surface area (Å²) in [5, 5.41) is 0. The van der Waals surface area contributed by atoms with Crippen LogP contribution in [-0.4, -0.2) is 41.1 Å². The Hall–Kier alpha value is -2.25. The number of nitrogens with two attached hydrogens (primary N) is 1. The molecule has 3 rings (SSSR count). The van der Waals surface area contributed by atoms with E-state index in [1.165, 1.54) is 12.1 Å². The first kappa shape index (κ1) is 15.6. The lowest BCUT2D eigenvalue weighted by molar-refractivity contribution is -0.136. The predicted molar refractivity (Wildman–Crippen MR) is 80.7 cm³/mol. The maximum absolute atomic E-state index is 13.3. The number of ether oxygens (including phenoxy) is 1. The number of benzene rings is 1. The molecule has 7 heteroatoms. The molecule has 6 nitrogen and oxygen atoms in total. The predicted octanol–water partition coefficient (Wildman–Crippen LogP) is 1.56. The second-order valence-electron chi connectivity index (χ2n) is 5.52.